The van der Waals surface area contributed by atoms with Crippen molar-refractivity contribution in [3.8, 4) is 5.69 Å². The topological polar surface area (TPSA) is 95.3 Å². The maximum atomic E-state index is 13.1. The third-order valence-corrected chi connectivity index (χ3v) is 3.69. The molecule has 0 aliphatic heterocycles. The highest BCUT2D eigenvalue weighted by atomic mass is 35.5. The zero-order valence-corrected chi connectivity index (χ0v) is 13.3. The number of halogens is 5. The van der Waals surface area contributed by atoms with Crippen molar-refractivity contribution < 1.29 is 28.2 Å². The number of hydrogen-bond acceptors (Lipinski definition) is 3. The summed E-state index contributed by atoms with van der Waals surface area (Å²) in [5, 5.41) is 21.1. The first-order chi connectivity index (χ1) is 10.9. The number of nitrogens with one attached hydrogen (secondary N) is 1. The second-order valence-electron chi connectivity index (χ2n) is 4.89. The van der Waals surface area contributed by atoms with Crippen LogP contribution in [0.3, 0.4) is 0 Å². The van der Waals surface area contributed by atoms with Crippen LogP contribution >= 0.6 is 23.2 Å². The average Bonchev–Trinajstić information content (AvgIpc) is 2.71. The molecular formula is C13H9Cl2F3N2O4. The minimum absolute atomic E-state index is 0.0261. The van der Waals surface area contributed by atoms with E-state index in [0.29, 0.717) is 4.68 Å². The molecule has 6 nitrogen and oxygen atoms in total. The molecule has 0 saturated heterocycles. The molecule has 1 aromatic carbocycles. The highest BCUT2D eigenvalue weighted by molar-refractivity contribution is 6.34. The minimum Gasteiger partial charge on any atom is -0.479 e. The molecule has 0 radical (unpaired) electrons. The van der Waals surface area contributed by atoms with Crippen molar-refractivity contribution >= 4 is 29.2 Å². The lowest BCUT2D eigenvalue weighted by Crippen LogP contribution is -2.52. The molecule has 0 saturated carbocycles. The van der Waals surface area contributed by atoms with Gasteiger partial charge in [-0.15, -0.1) is 0 Å². The Bertz CT molecular complexity index is 855. The first kappa shape index (κ1) is 18.4. The highest BCUT2D eigenvalue weighted by Gasteiger charge is 2.64. The van der Waals surface area contributed by atoms with Crippen molar-refractivity contribution in [1.82, 2.24) is 9.78 Å². The van der Waals surface area contributed by atoms with Crippen molar-refractivity contribution in [2.45, 2.75) is 18.7 Å². The Labute approximate surface area is 142 Å². The highest BCUT2D eigenvalue weighted by Crippen LogP contribution is 2.39. The van der Waals surface area contributed by atoms with Gasteiger partial charge in [0.25, 0.3) is 11.2 Å². The van der Waals surface area contributed by atoms with Crippen LogP contribution in [0, 0.1) is 6.92 Å². The normalized spacial score (nSPS) is 14.5. The van der Waals surface area contributed by atoms with E-state index in [-0.39, 0.29) is 15.7 Å². The molecule has 24 heavy (non-hydrogen) atoms. The molecule has 130 valence electrons. The summed E-state index contributed by atoms with van der Waals surface area (Å²) in [6, 6.07) is 3.78. The van der Waals surface area contributed by atoms with E-state index in [1.165, 1.54) is 18.2 Å². The van der Waals surface area contributed by atoms with Crippen LogP contribution in [0.4, 0.5) is 13.2 Å². The maximum absolute atomic E-state index is 13.1. The number of alkyl halides is 3. The van der Waals surface area contributed by atoms with E-state index in [4.69, 9.17) is 28.3 Å². The minimum atomic E-state index is -5.62. The van der Waals surface area contributed by atoms with Gasteiger partial charge in [-0.05, 0) is 25.1 Å². The Balaban J connectivity index is 2.79. The fraction of sp³-hybridized carbons (Fsp3) is 0.231. The van der Waals surface area contributed by atoms with Crippen LogP contribution in [0.15, 0.2) is 23.0 Å². The molecule has 1 unspecified atom stereocenters. The molecule has 2 aromatic rings. The Morgan fingerprint density at radius 1 is 1.21 bits per heavy atom. The maximum Gasteiger partial charge on any atom is 0.432 e. The summed E-state index contributed by atoms with van der Waals surface area (Å²) < 4.78 is 39.9. The van der Waals surface area contributed by atoms with E-state index in [2.05, 4.69) is 5.10 Å². The fourth-order valence-corrected chi connectivity index (χ4v) is 2.71. The molecule has 2 rings (SSSR count). The van der Waals surface area contributed by atoms with Crippen LogP contribution in [-0.2, 0) is 10.4 Å². The molecule has 0 fully saturated rings. The Morgan fingerprint density at radius 3 is 2.12 bits per heavy atom. The molecule has 3 N–H and O–H groups in total. The Morgan fingerprint density at radius 2 is 1.71 bits per heavy atom. The Hall–Kier alpha value is -1.97. The molecule has 0 bridgehead atoms. The summed E-state index contributed by atoms with van der Waals surface area (Å²) >= 11 is 11.5. The van der Waals surface area contributed by atoms with Crippen LogP contribution in [0.5, 0.6) is 0 Å². The van der Waals surface area contributed by atoms with Gasteiger partial charge in [0.05, 0.1) is 11.3 Å². The summed E-state index contributed by atoms with van der Waals surface area (Å²) in [6.45, 7) is 1.03. The molecule has 0 aliphatic carbocycles. The number of rotatable bonds is 3. The van der Waals surface area contributed by atoms with Gasteiger partial charge in [-0.25, -0.2) is 9.48 Å². The molecule has 11 heteroatoms. The van der Waals surface area contributed by atoms with Gasteiger partial charge < -0.3 is 10.2 Å². The lowest BCUT2D eigenvalue weighted by molar-refractivity contribution is -0.265. The summed E-state index contributed by atoms with van der Waals surface area (Å²) in [5.74, 6) is -2.62. The fourth-order valence-electron chi connectivity index (χ4n) is 2.19. The van der Waals surface area contributed by atoms with Gasteiger partial charge in [-0.3, -0.25) is 9.89 Å². The van der Waals surface area contributed by atoms with Crippen LogP contribution < -0.4 is 5.56 Å². The van der Waals surface area contributed by atoms with E-state index >= 15 is 0 Å². The molecule has 1 atom stereocenters. The molecule has 1 heterocycles. The number of aromatic amines is 1. The van der Waals surface area contributed by atoms with Crippen LogP contribution in [-0.4, -0.2) is 32.1 Å². The second-order valence-corrected chi connectivity index (χ2v) is 5.77. The number of benzene rings is 1. The van der Waals surface area contributed by atoms with Crippen LogP contribution in [0.2, 0.25) is 10.0 Å². The summed E-state index contributed by atoms with van der Waals surface area (Å²) in [7, 11) is 0. The summed E-state index contributed by atoms with van der Waals surface area (Å²) in [6.07, 6.45) is -5.62. The first-order valence-corrected chi connectivity index (χ1v) is 6.96. The van der Waals surface area contributed by atoms with E-state index in [9.17, 15) is 27.9 Å². The molecular weight excluding hydrogens is 376 g/mol. The number of nitrogens with zero attached hydrogens (tertiary/aromatic N) is 1. The van der Waals surface area contributed by atoms with E-state index in [1.807, 2.05) is 0 Å². The van der Waals surface area contributed by atoms with Gasteiger partial charge in [0, 0.05) is 15.7 Å². The smallest absolute Gasteiger partial charge is 0.432 e. The number of carboxylic acids is 1. The zero-order valence-electron chi connectivity index (χ0n) is 11.8. The Kier molecular flexibility index (Phi) is 4.47. The largest absolute Gasteiger partial charge is 0.479 e. The van der Waals surface area contributed by atoms with E-state index in [1.54, 1.807) is 0 Å². The number of aliphatic carboxylic acids is 1. The monoisotopic (exact) mass is 384 g/mol. The first-order valence-electron chi connectivity index (χ1n) is 6.20. The molecule has 0 aliphatic rings. The number of carboxylic acid groups (broad SMARTS) is 1. The van der Waals surface area contributed by atoms with Gasteiger partial charge in [0.1, 0.15) is 0 Å². The van der Waals surface area contributed by atoms with Crippen molar-refractivity contribution in [2.75, 3.05) is 0 Å². The molecule has 0 amide bonds. The van der Waals surface area contributed by atoms with Crippen molar-refractivity contribution in [3.05, 3.63) is 49.9 Å². The van der Waals surface area contributed by atoms with Gasteiger partial charge >= 0.3 is 12.1 Å². The standard InChI is InChI=1S/C13H9Cl2F3N2O4/c1-5-9(12(24,11(22)23)13(16,17)18)10(21)20(19-5)8-3-6(14)2-7(15)4-8/h2-4,19,24H,1H3,(H,22,23). The molecule has 0 spiro atoms. The van der Waals surface area contributed by atoms with Crippen LogP contribution in [0.1, 0.15) is 11.3 Å². The van der Waals surface area contributed by atoms with Gasteiger partial charge in [0.15, 0.2) is 0 Å². The van der Waals surface area contributed by atoms with Crippen molar-refractivity contribution in [2.24, 2.45) is 0 Å². The average molecular weight is 385 g/mol. The van der Waals surface area contributed by atoms with Crippen LogP contribution in [0.25, 0.3) is 5.69 Å². The lowest BCUT2D eigenvalue weighted by Gasteiger charge is -2.24. The van der Waals surface area contributed by atoms with Gasteiger partial charge in [0.2, 0.25) is 0 Å². The summed E-state index contributed by atoms with van der Waals surface area (Å²) in [5.41, 5.74) is -7.61. The SMILES string of the molecule is Cc1[nH]n(-c2cc(Cl)cc(Cl)c2)c(=O)c1C(O)(C(=O)O)C(F)(F)F. The number of aliphatic hydroxyl groups is 1. The number of carbonyl (C=O) groups is 1. The third kappa shape index (κ3) is 2.79. The van der Waals surface area contributed by atoms with Gasteiger partial charge in [-0.2, -0.15) is 13.2 Å². The predicted molar refractivity (Wildman–Crippen MR) is 78.7 cm³/mol. The lowest BCUT2D eigenvalue weighted by atomic mass is 9.93. The number of hydrogen-bond donors (Lipinski definition) is 3. The molecule has 1 aromatic heterocycles. The van der Waals surface area contributed by atoms with Crippen molar-refractivity contribution in [3.63, 3.8) is 0 Å². The van der Waals surface area contributed by atoms with Gasteiger partial charge in [-0.1, -0.05) is 23.2 Å². The number of H-pyrrole nitrogens is 1. The quantitative estimate of drug-likeness (QED) is 0.757. The predicted octanol–water partition coefficient (Wildman–Crippen LogP) is 2.62. The second kappa shape index (κ2) is 5.83. The summed E-state index contributed by atoms with van der Waals surface area (Å²) in [4.78, 5) is 23.4. The van der Waals surface area contributed by atoms with E-state index in [0.717, 1.165) is 6.92 Å². The third-order valence-electron chi connectivity index (χ3n) is 3.26. The zero-order chi connectivity index (χ0) is 18.4. The van der Waals surface area contributed by atoms with Crippen molar-refractivity contribution in [1.29, 1.82) is 0 Å². The number of aryl methyl sites for hydroxylation is 1. The number of aromatic nitrogens is 2. The van der Waals surface area contributed by atoms with E-state index < -0.39 is 34.6 Å².